The minimum Gasteiger partial charge on any atom is -0.239 e. The van der Waals surface area contributed by atoms with Crippen LogP contribution in [0.15, 0.2) is 12.4 Å². The summed E-state index contributed by atoms with van der Waals surface area (Å²) in [6.45, 7) is 3.69. The van der Waals surface area contributed by atoms with Gasteiger partial charge in [-0.05, 0) is 13.8 Å². The first-order valence-corrected chi connectivity index (χ1v) is 3.69. The Kier molecular flexibility index (Phi) is 1.46. The molecule has 0 spiro atoms. The van der Waals surface area contributed by atoms with Crippen molar-refractivity contribution in [3.63, 3.8) is 0 Å². The number of nitrogens with zero attached hydrogens (tertiary/aromatic N) is 4. The molecule has 0 aliphatic heterocycles. The quantitative estimate of drug-likeness (QED) is 0.577. The van der Waals surface area contributed by atoms with Gasteiger partial charge < -0.3 is 0 Å². The number of fused-ring (bicyclic) bond motifs is 1. The molecule has 60 valence electrons. The smallest absolute Gasteiger partial charge is 0.126 e. The van der Waals surface area contributed by atoms with Crippen molar-refractivity contribution in [2.24, 2.45) is 0 Å². The van der Waals surface area contributed by atoms with E-state index in [1.165, 1.54) is 0 Å². The van der Waals surface area contributed by atoms with E-state index in [1.807, 2.05) is 13.8 Å². The molecule has 0 radical (unpaired) electrons. The van der Waals surface area contributed by atoms with Gasteiger partial charge in [-0.25, -0.2) is 19.9 Å². The van der Waals surface area contributed by atoms with Crippen LogP contribution in [0.3, 0.4) is 0 Å². The van der Waals surface area contributed by atoms with Gasteiger partial charge in [-0.15, -0.1) is 0 Å². The fourth-order valence-corrected chi connectivity index (χ4v) is 1.02. The molecule has 2 aromatic rings. The zero-order valence-electron chi connectivity index (χ0n) is 6.94. The molecule has 0 unspecified atom stereocenters. The van der Waals surface area contributed by atoms with Crippen molar-refractivity contribution in [3.05, 3.63) is 24.0 Å². The molecular weight excluding hydrogens is 152 g/mol. The fourth-order valence-electron chi connectivity index (χ4n) is 1.02. The van der Waals surface area contributed by atoms with Crippen LogP contribution in [0.5, 0.6) is 0 Å². The van der Waals surface area contributed by atoms with Crippen molar-refractivity contribution in [3.8, 4) is 0 Å². The lowest BCUT2D eigenvalue weighted by molar-refractivity contribution is 1.03. The van der Waals surface area contributed by atoms with Crippen LogP contribution in [0.2, 0.25) is 0 Å². The molecule has 0 atom stereocenters. The molecule has 0 saturated heterocycles. The second-order valence-electron chi connectivity index (χ2n) is 2.60. The van der Waals surface area contributed by atoms with Gasteiger partial charge in [-0.3, -0.25) is 0 Å². The topological polar surface area (TPSA) is 51.6 Å². The van der Waals surface area contributed by atoms with Crippen molar-refractivity contribution < 1.29 is 0 Å². The highest BCUT2D eigenvalue weighted by molar-refractivity contribution is 5.71. The first kappa shape index (κ1) is 7.09. The third-order valence-corrected chi connectivity index (χ3v) is 1.57. The molecule has 4 heteroatoms. The fraction of sp³-hybridized carbons (Fsp3) is 0.250. The molecular formula is C8H8N4. The van der Waals surface area contributed by atoms with E-state index in [9.17, 15) is 0 Å². The molecule has 2 rings (SSSR count). The standard InChI is InChI=1S/C8H8N4/c1-5-9-3-8-7(11-5)4-10-6(2)12-8/h3-4H,1-2H3. The Bertz CT molecular complexity index is 383. The highest BCUT2D eigenvalue weighted by atomic mass is 14.9. The van der Waals surface area contributed by atoms with Crippen LogP contribution >= 0.6 is 0 Å². The van der Waals surface area contributed by atoms with E-state index in [1.54, 1.807) is 12.4 Å². The SMILES string of the molecule is Cc1ncc2nc(C)ncc2n1. The average Bonchev–Trinajstić information content (AvgIpc) is 2.05. The van der Waals surface area contributed by atoms with Crippen LogP contribution in [0.25, 0.3) is 11.0 Å². The Morgan fingerprint density at radius 1 is 0.833 bits per heavy atom. The van der Waals surface area contributed by atoms with Crippen LogP contribution < -0.4 is 0 Å². The van der Waals surface area contributed by atoms with Crippen molar-refractivity contribution in [1.29, 1.82) is 0 Å². The van der Waals surface area contributed by atoms with Crippen LogP contribution in [-0.4, -0.2) is 19.9 Å². The van der Waals surface area contributed by atoms with Crippen molar-refractivity contribution in [1.82, 2.24) is 19.9 Å². The van der Waals surface area contributed by atoms with Crippen molar-refractivity contribution in [2.75, 3.05) is 0 Å². The van der Waals surface area contributed by atoms with Gasteiger partial charge in [0.2, 0.25) is 0 Å². The van der Waals surface area contributed by atoms with Crippen LogP contribution in [0.1, 0.15) is 11.6 Å². The zero-order valence-corrected chi connectivity index (χ0v) is 6.94. The monoisotopic (exact) mass is 160 g/mol. The van der Waals surface area contributed by atoms with E-state index in [-0.39, 0.29) is 0 Å². The minimum atomic E-state index is 0.745. The summed E-state index contributed by atoms with van der Waals surface area (Å²) in [5.41, 5.74) is 1.60. The van der Waals surface area contributed by atoms with Crippen molar-refractivity contribution >= 4 is 11.0 Å². The molecule has 0 saturated carbocycles. The minimum absolute atomic E-state index is 0.745. The van der Waals surface area contributed by atoms with E-state index < -0.39 is 0 Å². The normalized spacial score (nSPS) is 10.5. The molecule has 2 aromatic heterocycles. The van der Waals surface area contributed by atoms with Gasteiger partial charge in [0, 0.05) is 0 Å². The largest absolute Gasteiger partial charge is 0.239 e. The number of rotatable bonds is 0. The lowest BCUT2D eigenvalue weighted by Gasteiger charge is -1.96. The van der Waals surface area contributed by atoms with Gasteiger partial charge in [0.15, 0.2) is 0 Å². The first-order chi connectivity index (χ1) is 5.75. The summed E-state index contributed by atoms with van der Waals surface area (Å²) in [5, 5.41) is 0. The van der Waals surface area contributed by atoms with Crippen LogP contribution in [0, 0.1) is 13.8 Å². The second kappa shape index (κ2) is 2.48. The predicted octanol–water partition coefficient (Wildman–Crippen LogP) is 1.04. The van der Waals surface area contributed by atoms with E-state index in [2.05, 4.69) is 19.9 Å². The molecule has 2 heterocycles. The highest BCUT2D eigenvalue weighted by Gasteiger charge is 1.97. The van der Waals surface area contributed by atoms with Gasteiger partial charge in [-0.2, -0.15) is 0 Å². The van der Waals surface area contributed by atoms with E-state index in [0.717, 1.165) is 22.7 Å². The summed E-state index contributed by atoms with van der Waals surface area (Å²) in [4.78, 5) is 16.5. The second-order valence-corrected chi connectivity index (χ2v) is 2.60. The summed E-state index contributed by atoms with van der Waals surface area (Å²) in [6, 6.07) is 0. The van der Waals surface area contributed by atoms with E-state index in [4.69, 9.17) is 0 Å². The molecule has 0 aliphatic carbocycles. The van der Waals surface area contributed by atoms with E-state index in [0.29, 0.717) is 0 Å². The van der Waals surface area contributed by atoms with Crippen molar-refractivity contribution in [2.45, 2.75) is 13.8 Å². The number of hydrogen-bond donors (Lipinski definition) is 0. The molecule has 0 N–H and O–H groups in total. The lowest BCUT2D eigenvalue weighted by atomic mass is 10.4. The highest BCUT2D eigenvalue weighted by Crippen LogP contribution is 2.05. The Balaban J connectivity index is 2.79. The average molecular weight is 160 g/mol. The van der Waals surface area contributed by atoms with Gasteiger partial charge in [0.1, 0.15) is 22.7 Å². The maximum atomic E-state index is 4.18. The number of hydrogen-bond acceptors (Lipinski definition) is 4. The Morgan fingerprint density at radius 2 is 1.25 bits per heavy atom. The molecule has 0 aromatic carbocycles. The number of aromatic nitrogens is 4. The maximum Gasteiger partial charge on any atom is 0.126 e. The Labute approximate surface area is 69.7 Å². The van der Waals surface area contributed by atoms with Gasteiger partial charge in [-0.1, -0.05) is 0 Å². The third kappa shape index (κ3) is 1.11. The zero-order chi connectivity index (χ0) is 8.55. The molecule has 0 aliphatic rings. The molecule has 4 nitrogen and oxygen atoms in total. The van der Waals surface area contributed by atoms with Crippen LogP contribution in [-0.2, 0) is 0 Å². The Hall–Kier alpha value is -1.58. The summed E-state index contributed by atoms with van der Waals surface area (Å²) in [6.07, 6.45) is 3.43. The third-order valence-electron chi connectivity index (χ3n) is 1.57. The summed E-state index contributed by atoms with van der Waals surface area (Å²) >= 11 is 0. The molecule has 12 heavy (non-hydrogen) atoms. The van der Waals surface area contributed by atoms with Crippen LogP contribution in [0.4, 0.5) is 0 Å². The molecule has 0 fully saturated rings. The van der Waals surface area contributed by atoms with Gasteiger partial charge in [0.05, 0.1) is 12.4 Å². The summed E-state index contributed by atoms with van der Waals surface area (Å²) in [7, 11) is 0. The molecule has 0 amide bonds. The van der Waals surface area contributed by atoms with Gasteiger partial charge >= 0.3 is 0 Å². The summed E-state index contributed by atoms with van der Waals surface area (Å²) in [5.74, 6) is 1.49. The molecule has 0 bridgehead atoms. The lowest BCUT2D eigenvalue weighted by Crippen LogP contribution is -1.93. The maximum absolute atomic E-state index is 4.18. The van der Waals surface area contributed by atoms with E-state index >= 15 is 0 Å². The Morgan fingerprint density at radius 3 is 1.67 bits per heavy atom. The number of aryl methyl sites for hydroxylation is 2. The predicted molar refractivity (Wildman–Crippen MR) is 44.6 cm³/mol. The first-order valence-electron chi connectivity index (χ1n) is 3.69. The summed E-state index contributed by atoms with van der Waals surface area (Å²) < 4.78 is 0. The van der Waals surface area contributed by atoms with Gasteiger partial charge in [0.25, 0.3) is 0 Å².